The molecule has 3 heterocycles. The van der Waals surface area contributed by atoms with E-state index in [2.05, 4.69) is 27.0 Å². The molecule has 3 amide bonds. The van der Waals surface area contributed by atoms with Gasteiger partial charge in [-0.25, -0.2) is 14.4 Å². The Hall–Kier alpha value is -2.34. The zero-order valence-corrected chi connectivity index (χ0v) is 27.5. The summed E-state index contributed by atoms with van der Waals surface area (Å²) in [6.45, 7) is 9.12. The molecule has 2 aliphatic heterocycles. The van der Waals surface area contributed by atoms with Gasteiger partial charge in [0.1, 0.15) is 23.2 Å². The molecule has 2 N–H and O–H groups in total. The van der Waals surface area contributed by atoms with Crippen LogP contribution in [0, 0.1) is 19.0 Å². The molecule has 0 bridgehead atoms. The third-order valence-corrected chi connectivity index (χ3v) is 7.48. The van der Waals surface area contributed by atoms with E-state index in [9.17, 15) is 19.2 Å². The normalized spacial score (nSPS) is 29.4. The summed E-state index contributed by atoms with van der Waals surface area (Å²) in [5.74, 6) is -1.47. The summed E-state index contributed by atoms with van der Waals surface area (Å²) in [5, 5.41) is 14.2. The summed E-state index contributed by atoms with van der Waals surface area (Å²) < 4.78 is 10.8. The Morgan fingerprint density at radius 2 is 2.00 bits per heavy atom. The molecule has 5 atom stereocenters. The second-order valence-electron chi connectivity index (χ2n) is 11.9. The van der Waals surface area contributed by atoms with Crippen LogP contribution in [0.1, 0.15) is 84.4 Å². The van der Waals surface area contributed by atoms with Gasteiger partial charge in [0.05, 0.1) is 12.6 Å². The van der Waals surface area contributed by atoms with Gasteiger partial charge in [0.2, 0.25) is 11.8 Å². The van der Waals surface area contributed by atoms with Crippen molar-refractivity contribution in [2.75, 3.05) is 13.2 Å². The number of aromatic nitrogens is 3. The second-order valence-corrected chi connectivity index (χ2v) is 11.9. The van der Waals surface area contributed by atoms with Crippen molar-refractivity contribution in [2.45, 2.75) is 109 Å². The van der Waals surface area contributed by atoms with Crippen LogP contribution < -0.4 is 10.6 Å². The third kappa shape index (κ3) is 8.15. The molecule has 1 saturated heterocycles. The molecule has 1 aromatic rings. The van der Waals surface area contributed by atoms with Crippen LogP contribution in [0.3, 0.4) is 0 Å². The summed E-state index contributed by atoms with van der Waals surface area (Å²) in [4.78, 5) is 56.5. The summed E-state index contributed by atoms with van der Waals surface area (Å²) >= 11 is 0. The van der Waals surface area contributed by atoms with Crippen molar-refractivity contribution in [3.63, 3.8) is 0 Å². The third-order valence-electron chi connectivity index (χ3n) is 7.48. The maximum absolute atomic E-state index is 14.0. The van der Waals surface area contributed by atoms with E-state index in [1.165, 1.54) is 9.70 Å². The fraction of sp³-hybridized carbons (Fsp3) is 0.714. The second kappa shape index (κ2) is 13.8. The van der Waals surface area contributed by atoms with E-state index in [0.717, 1.165) is 19.3 Å². The molecule has 3 aliphatic rings. The molecule has 0 aromatic carbocycles. The summed E-state index contributed by atoms with van der Waals surface area (Å²) in [6.07, 6.45) is 10.5. The molecule has 1 aliphatic carbocycles. The van der Waals surface area contributed by atoms with Gasteiger partial charge in [-0.1, -0.05) is 31.9 Å². The predicted octanol–water partition coefficient (Wildman–Crippen LogP) is 2.38. The fourth-order valence-electron chi connectivity index (χ4n) is 5.43. The van der Waals surface area contributed by atoms with Crippen LogP contribution >= 0.6 is 0 Å². The zero-order chi connectivity index (χ0) is 29.1. The number of hydrogen-bond acceptors (Lipinski definition) is 8. The number of carbonyl (C=O) groups excluding carboxylic acids is 4. The first kappa shape index (κ1) is 33.2. The minimum atomic E-state index is -1.15. The van der Waals surface area contributed by atoms with Gasteiger partial charge >= 0.3 is 12.1 Å². The molecule has 2 fully saturated rings. The van der Waals surface area contributed by atoms with Crippen LogP contribution in [0.2, 0.25) is 0 Å². The van der Waals surface area contributed by atoms with E-state index >= 15 is 0 Å². The van der Waals surface area contributed by atoms with Gasteiger partial charge in [-0.3, -0.25) is 9.59 Å². The Labute approximate surface area is 266 Å². The summed E-state index contributed by atoms with van der Waals surface area (Å²) in [5.41, 5.74) is -1.29. The Kier molecular flexibility index (Phi) is 11.1. The summed E-state index contributed by atoms with van der Waals surface area (Å²) in [7, 11) is 0. The minimum Gasteiger partial charge on any atom is -0.464 e. The average Bonchev–Trinajstić information content (AvgIpc) is 3.17. The Morgan fingerprint density at radius 3 is 2.66 bits per heavy atom. The first-order valence-corrected chi connectivity index (χ1v) is 14.2. The van der Waals surface area contributed by atoms with E-state index in [0.29, 0.717) is 25.0 Å². The monoisotopic (exact) mass is 646 g/mol. The smallest absolute Gasteiger partial charge is 0.408 e. The first-order chi connectivity index (χ1) is 18.9. The topological polar surface area (TPSA) is 145 Å². The maximum atomic E-state index is 14.0. The largest absolute Gasteiger partial charge is 0.464 e. The first-order valence-electron chi connectivity index (χ1n) is 14.2. The zero-order valence-electron chi connectivity index (χ0n) is 24.6. The number of carbonyl (C=O) groups is 4. The molecule has 12 nitrogen and oxygen atoms in total. The van der Waals surface area contributed by atoms with Crippen LogP contribution in [0.4, 0.5) is 4.79 Å². The molecule has 13 heteroatoms. The fourth-order valence-corrected chi connectivity index (χ4v) is 5.43. The molecule has 1 radical (unpaired) electrons. The molecule has 41 heavy (non-hydrogen) atoms. The number of aryl methyl sites for hydroxylation is 1. The Morgan fingerprint density at radius 1 is 1.24 bits per heavy atom. The molecule has 0 unspecified atom stereocenters. The van der Waals surface area contributed by atoms with Crippen LogP contribution in [0.25, 0.3) is 0 Å². The number of rotatable bonds is 4. The number of hydrogen-bond donors (Lipinski definition) is 2. The van der Waals surface area contributed by atoms with Crippen molar-refractivity contribution in [2.24, 2.45) is 5.92 Å². The van der Waals surface area contributed by atoms with Crippen LogP contribution in [-0.4, -0.2) is 80.1 Å². The number of ether oxygens (including phenoxy) is 2. The molecular formula is C28H41N6O6Y-. The number of alkyl carbamates (subject to hydrolysis) is 1. The summed E-state index contributed by atoms with van der Waals surface area (Å²) in [6, 6.07) is -2.15. The van der Waals surface area contributed by atoms with Crippen molar-refractivity contribution in [1.29, 1.82) is 0 Å². The van der Waals surface area contributed by atoms with Gasteiger partial charge in [0.15, 0.2) is 0 Å². The van der Waals surface area contributed by atoms with E-state index in [1.54, 1.807) is 34.6 Å². The molecule has 1 aromatic heterocycles. The molecule has 0 spiro atoms. The average molecular weight is 647 g/mol. The Bertz CT molecular complexity index is 1150. The number of amides is 3. The van der Waals surface area contributed by atoms with Gasteiger partial charge in [0.25, 0.3) is 0 Å². The molecule has 223 valence electrons. The number of esters is 1. The van der Waals surface area contributed by atoms with Gasteiger partial charge in [-0.05, 0) is 53.4 Å². The van der Waals surface area contributed by atoms with Gasteiger partial charge < -0.3 is 36.3 Å². The minimum absolute atomic E-state index is 0. The van der Waals surface area contributed by atoms with Gasteiger partial charge in [-0.15, -0.1) is 5.69 Å². The number of nitrogens with one attached hydrogen (secondary N) is 2. The van der Waals surface area contributed by atoms with E-state index in [-0.39, 0.29) is 70.1 Å². The van der Waals surface area contributed by atoms with E-state index in [4.69, 9.17) is 9.47 Å². The van der Waals surface area contributed by atoms with Crippen LogP contribution in [0.5, 0.6) is 0 Å². The molecule has 1 saturated carbocycles. The van der Waals surface area contributed by atoms with E-state index < -0.39 is 41.2 Å². The quantitative estimate of drug-likeness (QED) is 0.288. The molecule has 4 rings (SSSR count). The van der Waals surface area contributed by atoms with E-state index in [1.807, 2.05) is 12.2 Å². The van der Waals surface area contributed by atoms with Crippen molar-refractivity contribution in [3.8, 4) is 0 Å². The number of fused-ring (bicyclic) bond motifs is 2. The van der Waals surface area contributed by atoms with Crippen LogP contribution in [-0.2, 0) is 56.6 Å². The number of allylic oxidation sites excluding steroid dienone is 1. The van der Waals surface area contributed by atoms with Gasteiger partial charge in [-0.2, -0.15) is 5.10 Å². The van der Waals surface area contributed by atoms with Crippen molar-refractivity contribution in [3.05, 3.63) is 24.0 Å². The molecular weight excluding hydrogens is 605 g/mol. The SMILES string of the molecule is CCOC(=O)[C@@]12C[C@@H]1/C=C\CCCCC[C@H](NC(=O)OC(C)(C)C)C(=O)N1C[C@H](n3n[c-]c(C)n3)C[C@H]1C(=O)N2.[Y]. The van der Waals surface area contributed by atoms with Crippen molar-refractivity contribution in [1.82, 2.24) is 30.5 Å². The van der Waals surface area contributed by atoms with Gasteiger partial charge in [0, 0.05) is 51.6 Å². The van der Waals surface area contributed by atoms with Crippen molar-refractivity contribution >= 4 is 23.9 Å². The number of nitrogens with zero attached hydrogens (tertiary/aromatic N) is 4. The maximum Gasteiger partial charge on any atom is 0.408 e. The van der Waals surface area contributed by atoms with Crippen LogP contribution in [0.15, 0.2) is 12.2 Å². The standard InChI is InChI=1S/C28H41N6O6.Y/c1-6-39-25(37)28-15-19(28)12-10-8-7-9-11-13-21(30-26(38)40-27(3,4)5)24(36)33-17-20(14-22(33)23(35)31-28)34-29-16-18(2)32-34;/h10,12,19-22H,6-9,11,13-15,17H2,1-5H3,(H,30,38)(H,31,35);/q-1;/b12-10-;/t19-,20+,21-,22-,28+;/m0./s1. The van der Waals surface area contributed by atoms with Crippen molar-refractivity contribution < 1.29 is 61.4 Å². The predicted molar refractivity (Wildman–Crippen MR) is 144 cm³/mol. The Balaban J connectivity index is 0.00000462.